The summed E-state index contributed by atoms with van der Waals surface area (Å²) in [5.41, 5.74) is 2.74. The summed E-state index contributed by atoms with van der Waals surface area (Å²) in [6.45, 7) is 1.67. The minimum atomic E-state index is -0.272. The maximum atomic E-state index is 13.4. The molecule has 8 heteroatoms. The molecule has 1 amide bonds. The Labute approximate surface area is 226 Å². The average Bonchev–Trinajstić information content (AvgIpc) is 3.51. The standard InChI is InChI=1S/C29H29ClN4O2S/c1-36-24-10-12-25(13-11-24)37-26-16-27(34(20-26)18-22(30)15-21-7-3-2-4-8-21)29(35)31-17-23-19-33-14-6-5-9-28(33)32-23/h2-15,19,26-27H,16-18,20H2,1H3,(H,31,35)/b22-15-/t26-,27+/m1/s1. The van der Waals surface area contributed by atoms with E-state index >= 15 is 0 Å². The van der Waals surface area contributed by atoms with Gasteiger partial charge in [0, 0.05) is 40.7 Å². The molecule has 190 valence electrons. The molecule has 37 heavy (non-hydrogen) atoms. The molecule has 0 spiro atoms. The first-order chi connectivity index (χ1) is 18.1. The van der Waals surface area contributed by atoms with Crippen LogP contribution in [0.1, 0.15) is 17.7 Å². The molecule has 0 radical (unpaired) electrons. The first-order valence-corrected chi connectivity index (χ1v) is 13.5. The lowest BCUT2D eigenvalue weighted by Gasteiger charge is -2.23. The van der Waals surface area contributed by atoms with E-state index in [-0.39, 0.29) is 17.2 Å². The van der Waals surface area contributed by atoms with E-state index in [4.69, 9.17) is 16.3 Å². The zero-order valence-corrected chi connectivity index (χ0v) is 22.2. The van der Waals surface area contributed by atoms with Gasteiger partial charge in [-0.1, -0.05) is 48.0 Å². The predicted molar refractivity (Wildman–Crippen MR) is 150 cm³/mol. The fourth-order valence-corrected chi connectivity index (χ4v) is 6.08. The van der Waals surface area contributed by atoms with Crippen LogP contribution in [0.2, 0.25) is 0 Å². The van der Waals surface area contributed by atoms with Crippen molar-refractivity contribution in [2.24, 2.45) is 0 Å². The van der Waals surface area contributed by atoms with Crippen LogP contribution in [-0.2, 0) is 11.3 Å². The number of rotatable bonds is 9. The Kier molecular flexibility index (Phi) is 8.14. The monoisotopic (exact) mass is 532 g/mol. The number of hydrogen-bond acceptors (Lipinski definition) is 5. The van der Waals surface area contributed by atoms with Gasteiger partial charge >= 0.3 is 0 Å². The largest absolute Gasteiger partial charge is 0.497 e. The zero-order chi connectivity index (χ0) is 25.6. The van der Waals surface area contributed by atoms with Crippen LogP contribution in [-0.4, -0.2) is 51.7 Å². The minimum Gasteiger partial charge on any atom is -0.497 e. The van der Waals surface area contributed by atoms with Gasteiger partial charge in [0.05, 0.1) is 25.4 Å². The lowest BCUT2D eigenvalue weighted by molar-refractivity contribution is -0.125. The molecule has 1 fully saturated rings. The van der Waals surface area contributed by atoms with Gasteiger partial charge in [-0.2, -0.15) is 0 Å². The van der Waals surface area contributed by atoms with Gasteiger partial charge in [-0.05, 0) is 54.5 Å². The van der Waals surface area contributed by atoms with Crippen LogP contribution >= 0.6 is 23.4 Å². The van der Waals surface area contributed by atoms with Crippen molar-refractivity contribution < 1.29 is 9.53 Å². The predicted octanol–water partition coefficient (Wildman–Crippen LogP) is 5.47. The highest BCUT2D eigenvalue weighted by atomic mass is 35.5. The summed E-state index contributed by atoms with van der Waals surface area (Å²) in [7, 11) is 1.67. The first kappa shape index (κ1) is 25.4. The van der Waals surface area contributed by atoms with Crippen molar-refractivity contribution in [1.82, 2.24) is 19.6 Å². The Bertz CT molecular complexity index is 1340. The maximum absolute atomic E-state index is 13.4. The molecule has 2 atom stereocenters. The third-order valence-electron chi connectivity index (χ3n) is 6.36. The Balaban J connectivity index is 1.28. The number of carbonyl (C=O) groups is 1. The summed E-state index contributed by atoms with van der Waals surface area (Å²) in [5.74, 6) is 0.832. The molecule has 1 saturated heterocycles. The van der Waals surface area contributed by atoms with Gasteiger partial charge in [0.15, 0.2) is 0 Å². The lowest BCUT2D eigenvalue weighted by atomic mass is 10.2. The van der Waals surface area contributed by atoms with E-state index in [1.54, 1.807) is 18.9 Å². The number of aromatic nitrogens is 2. The number of benzene rings is 2. The normalized spacial score (nSPS) is 18.3. The smallest absolute Gasteiger partial charge is 0.237 e. The van der Waals surface area contributed by atoms with Crippen molar-refractivity contribution in [3.8, 4) is 5.75 Å². The second kappa shape index (κ2) is 11.9. The van der Waals surface area contributed by atoms with E-state index in [0.717, 1.165) is 40.5 Å². The molecule has 1 aliphatic heterocycles. The summed E-state index contributed by atoms with van der Waals surface area (Å²) >= 11 is 8.47. The molecule has 2 aromatic carbocycles. The van der Waals surface area contributed by atoms with Crippen molar-refractivity contribution in [3.63, 3.8) is 0 Å². The van der Waals surface area contributed by atoms with Crippen LogP contribution < -0.4 is 10.1 Å². The molecular formula is C29H29ClN4O2S. The second-order valence-electron chi connectivity index (χ2n) is 9.01. The van der Waals surface area contributed by atoms with E-state index < -0.39 is 0 Å². The van der Waals surface area contributed by atoms with Crippen LogP contribution in [0.4, 0.5) is 0 Å². The second-order valence-corrected chi connectivity index (χ2v) is 10.9. The summed E-state index contributed by atoms with van der Waals surface area (Å²) < 4.78 is 7.24. The van der Waals surface area contributed by atoms with Crippen LogP contribution in [0.3, 0.4) is 0 Å². The maximum Gasteiger partial charge on any atom is 0.237 e. The van der Waals surface area contributed by atoms with E-state index in [9.17, 15) is 4.79 Å². The van der Waals surface area contributed by atoms with E-state index in [2.05, 4.69) is 27.3 Å². The number of hydrogen-bond donors (Lipinski definition) is 1. The number of nitrogens with one attached hydrogen (secondary N) is 1. The molecule has 5 rings (SSSR count). The Hall–Kier alpha value is -3.26. The minimum absolute atomic E-state index is 0.000866. The number of fused-ring (bicyclic) bond motifs is 1. The van der Waals surface area contributed by atoms with Gasteiger partial charge in [0.2, 0.25) is 5.91 Å². The first-order valence-electron chi connectivity index (χ1n) is 12.2. The lowest BCUT2D eigenvalue weighted by Crippen LogP contribution is -2.43. The number of methoxy groups -OCH3 is 1. The number of carbonyl (C=O) groups excluding carboxylic acids is 1. The molecular weight excluding hydrogens is 504 g/mol. The van der Waals surface area contributed by atoms with Gasteiger partial charge in [-0.25, -0.2) is 4.98 Å². The molecule has 0 unspecified atom stereocenters. The van der Waals surface area contributed by atoms with Gasteiger partial charge in [-0.3, -0.25) is 9.69 Å². The van der Waals surface area contributed by atoms with Crippen molar-refractivity contribution in [1.29, 1.82) is 0 Å². The number of nitrogens with zero attached hydrogens (tertiary/aromatic N) is 3. The third kappa shape index (κ3) is 6.55. The Morgan fingerprint density at radius 3 is 2.68 bits per heavy atom. The van der Waals surface area contributed by atoms with Gasteiger partial charge < -0.3 is 14.5 Å². The van der Waals surface area contributed by atoms with Gasteiger partial charge in [-0.15, -0.1) is 11.8 Å². The Morgan fingerprint density at radius 1 is 1.14 bits per heavy atom. The van der Waals surface area contributed by atoms with Crippen molar-refractivity contribution >= 4 is 41.0 Å². The van der Waals surface area contributed by atoms with Crippen LogP contribution in [0.25, 0.3) is 11.7 Å². The highest BCUT2D eigenvalue weighted by Gasteiger charge is 2.37. The molecule has 4 aromatic rings. The van der Waals surface area contributed by atoms with E-state index in [1.165, 1.54) is 0 Å². The third-order valence-corrected chi connectivity index (χ3v) is 7.81. The number of likely N-dealkylation sites (tertiary alicyclic amines) is 1. The molecule has 2 aromatic heterocycles. The summed E-state index contributed by atoms with van der Waals surface area (Å²) in [6.07, 6.45) is 6.61. The van der Waals surface area contributed by atoms with Gasteiger partial charge in [0.1, 0.15) is 11.4 Å². The number of halogens is 1. The Morgan fingerprint density at radius 2 is 1.92 bits per heavy atom. The molecule has 0 saturated carbocycles. The number of ether oxygens (including phenoxy) is 1. The number of imidazole rings is 1. The summed E-state index contributed by atoms with van der Waals surface area (Å²) in [4.78, 5) is 21.3. The van der Waals surface area contributed by atoms with Crippen LogP contribution in [0.5, 0.6) is 5.75 Å². The highest BCUT2D eigenvalue weighted by Crippen LogP contribution is 2.34. The average molecular weight is 533 g/mol. The number of pyridine rings is 1. The zero-order valence-electron chi connectivity index (χ0n) is 20.6. The summed E-state index contributed by atoms with van der Waals surface area (Å²) in [6, 6.07) is 23.6. The molecule has 1 aliphatic rings. The fraction of sp³-hybridized carbons (Fsp3) is 0.241. The molecule has 3 heterocycles. The van der Waals surface area contributed by atoms with Crippen molar-refractivity contribution in [3.05, 3.63) is 101 Å². The number of thioether (sulfide) groups is 1. The van der Waals surface area contributed by atoms with Crippen molar-refractivity contribution in [2.45, 2.75) is 29.2 Å². The van der Waals surface area contributed by atoms with E-state index in [1.807, 2.05) is 83.5 Å². The topological polar surface area (TPSA) is 58.9 Å². The van der Waals surface area contributed by atoms with Crippen molar-refractivity contribution in [2.75, 3.05) is 20.2 Å². The van der Waals surface area contributed by atoms with Crippen LogP contribution in [0, 0.1) is 0 Å². The van der Waals surface area contributed by atoms with E-state index in [0.29, 0.717) is 18.1 Å². The summed E-state index contributed by atoms with van der Waals surface area (Å²) in [5, 5.41) is 4.08. The number of amides is 1. The quantitative estimate of drug-likeness (QED) is 0.309. The van der Waals surface area contributed by atoms with Crippen LogP contribution in [0.15, 0.2) is 95.1 Å². The fourth-order valence-electron chi connectivity index (χ4n) is 4.58. The SMILES string of the molecule is COc1ccc(S[C@@H]2C[C@@H](C(=O)NCc3cn4ccccc4n3)N(C/C(Cl)=C/c3ccccc3)C2)cc1. The molecule has 0 bridgehead atoms. The molecule has 0 aliphatic carbocycles. The molecule has 1 N–H and O–H groups in total. The molecule has 6 nitrogen and oxygen atoms in total. The highest BCUT2D eigenvalue weighted by molar-refractivity contribution is 8.00. The van der Waals surface area contributed by atoms with Gasteiger partial charge in [0.25, 0.3) is 0 Å².